The van der Waals surface area contributed by atoms with E-state index in [1.807, 2.05) is 0 Å². The summed E-state index contributed by atoms with van der Waals surface area (Å²) in [7, 11) is 2.12. The van der Waals surface area contributed by atoms with E-state index in [1.54, 1.807) is 0 Å². The van der Waals surface area contributed by atoms with E-state index in [0.29, 0.717) is 24.0 Å². The van der Waals surface area contributed by atoms with E-state index in [1.165, 1.54) is 54.6 Å². The Hall–Kier alpha value is -1.72. The second kappa shape index (κ2) is 8.19. The van der Waals surface area contributed by atoms with Gasteiger partial charge >= 0.3 is 0 Å². The predicted molar refractivity (Wildman–Crippen MR) is 122 cm³/mol. The van der Waals surface area contributed by atoms with Crippen molar-refractivity contribution >= 4 is 11.4 Å². The highest BCUT2D eigenvalue weighted by Gasteiger charge is 2.37. The van der Waals surface area contributed by atoms with Crippen LogP contribution >= 0.6 is 0 Å². The fraction of sp³-hybridized carbons (Fsp3) is 0.667. The molecular formula is C24H37N5. The minimum atomic E-state index is 0.324. The van der Waals surface area contributed by atoms with Crippen LogP contribution in [0.15, 0.2) is 30.0 Å². The van der Waals surface area contributed by atoms with Crippen LogP contribution < -0.4 is 26.6 Å². The van der Waals surface area contributed by atoms with Gasteiger partial charge in [0.2, 0.25) is 0 Å². The Bertz CT molecular complexity index is 746. The van der Waals surface area contributed by atoms with Gasteiger partial charge in [-0.15, -0.1) is 0 Å². The average molecular weight is 396 g/mol. The van der Waals surface area contributed by atoms with E-state index in [0.717, 1.165) is 31.5 Å². The second-order valence-electron chi connectivity index (χ2n) is 9.56. The molecule has 0 spiro atoms. The molecule has 1 aromatic rings. The molecule has 5 heteroatoms. The molecule has 2 saturated carbocycles. The zero-order chi connectivity index (χ0) is 19.8. The number of hydrogen-bond donors (Lipinski definition) is 5. The first-order valence-corrected chi connectivity index (χ1v) is 11.7. The van der Waals surface area contributed by atoms with E-state index in [2.05, 4.69) is 65.0 Å². The van der Waals surface area contributed by atoms with E-state index in [9.17, 15) is 0 Å². The Morgan fingerprint density at radius 2 is 2.03 bits per heavy atom. The summed E-state index contributed by atoms with van der Waals surface area (Å²) < 4.78 is 0. The van der Waals surface area contributed by atoms with Gasteiger partial charge in [0.25, 0.3) is 0 Å². The molecule has 5 rings (SSSR count). The van der Waals surface area contributed by atoms with Crippen molar-refractivity contribution in [3.05, 3.63) is 35.5 Å². The number of benzene rings is 1. The van der Waals surface area contributed by atoms with E-state index >= 15 is 0 Å². The topological polar surface area (TPSA) is 60.1 Å². The van der Waals surface area contributed by atoms with Crippen LogP contribution in [0, 0.1) is 11.8 Å². The zero-order valence-corrected chi connectivity index (χ0v) is 17.9. The number of hydrogen-bond acceptors (Lipinski definition) is 5. The lowest BCUT2D eigenvalue weighted by molar-refractivity contribution is 0.232. The summed E-state index contributed by atoms with van der Waals surface area (Å²) >= 11 is 0. The molecule has 2 aliphatic heterocycles. The summed E-state index contributed by atoms with van der Waals surface area (Å²) in [5, 5.41) is 18.5. The van der Waals surface area contributed by atoms with E-state index in [4.69, 9.17) is 0 Å². The lowest BCUT2D eigenvalue weighted by Crippen LogP contribution is -2.46. The van der Waals surface area contributed by atoms with Gasteiger partial charge < -0.3 is 26.6 Å². The van der Waals surface area contributed by atoms with Gasteiger partial charge in [-0.3, -0.25) is 0 Å². The van der Waals surface area contributed by atoms with Crippen molar-refractivity contribution in [2.24, 2.45) is 11.8 Å². The third kappa shape index (κ3) is 3.87. The van der Waals surface area contributed by atoms with Crippen LogP contribution in [0.5, 0.6) is 0 Å². The Morgan fingerprint density at radius 1 is 1.21 bits per heavy atom. The third-order valence-corrected chi connectivity index (χ3v) is 7.60. The lowest BCUT2D eigenvalue weighted by atomic mass is 9.78. The summed E-state index contributed by atoms with van der Waals surface area (Å²) in [6, 6.07) is 8.18. The van der Waals surface area contributed by atoms with Crippen LogP contribution in [-0.2, 0) is 0 Å². The van der Waals surface area contributed by atoms with Crippen LogP contribution in [0.4, 0.5) is 11.4 Å². The minimum Gasteiger partial charge on any atom is -0.388 e. The first-order chi connectivity index (χ1) is 14.3. The van der Waals surface area contributed by atoms with Gasteiger partial charge in [0.05, 0.1) is 17.4 Å². The number of anilines is 2. The standard InChI is InChI=1S/C24H37N5/c1-3-15-9-18(10-15)27-13-20(23(25-2)16-7-8-16)22-14-28-24-19(17-11-26-12-17)5-4-6-21(24)29-22/h4-6,13,15-18,22-23,25-29H,3,7-12,14H2,1-2H3/b20-13-. The molecule has 5 N–H and O–H groups in total. The predicted octanol–water partition coefficient (Wildman–Crippen LogP) is 3.24. The van der Waals surface area contributed by atoms with Crippen molar-refractivity contribution in [1.82, 2.24) is 16.0 Å². The lowest BCUT2D eigenvalue weighted by Gasteiger charge is -2.38. The van der Waals surface area contributed by atoms with Crippen molar-refractivity contribution in [3.8, 4) is 0 Å². The van der Waals surface area contributed by atoms with Gasteiger partial charge in [0, 0.05) is 37.6 Å². The fourth-order valence-electron chi connectivity index (χ4n) is 5.31. The molecule has 2 unspecified atom stereocenters. The highest BCUT2D eigenvalue weighted by molar-refractivity contribution is 5.76. The minimum absolute atomic E-state index is 0.324. The largest absolute Gasteiger partial charge is 0.388 e. The summed E-state index contributed by atoms with van der Waals surface area (Å²) in [6.07, 6.45) is 9.02. The zero-order valence-electron chi connectivity index (χ0n) is 17.9. The maximum Gasteiger partial charge on any atom is 0.0679 e. The number of likely N-dealkylation sites (N-methyl/N-ethyl adjacent to an activating group) is 1. The van der Waals surface area contributed by atoms with Crippen LogP contribution in [-0.4, -0.2) is 44.8 Å². The number of nitrogens with one attached hydrogen (secondary N) is 5. The van der Waals surface area contributed by atoms with Crippen molar-refractivity contribution < 1.29 is 0 Å². The molecule has 1 aromatic carbocycles. The average Bonchev–Trinajstić information content (AvgIpc) is 3.49. The smallest absolute Gasteiger partial charge is 0.0679 e. The van der Waals surface area contributed by atoms with Crippen molar-refractivity contribution in [2.75, 3.05) is 37.3 Å². The molecule has 1 saturated heterocycles. The molecule has 3 fully saturated rings. The monoisotopic (exact) mass is 395 g/mol. The van der Waals surface area contributed by atoms with Crippen LogP contribution in [0.3, 0.4) is 0 Å². The van der Waals surface area contributed by atoms with Crippen molar-refractivity contribution in [1.29, 1.82) is 0 Å². The second-order valence-corrected chi connectivity index (χ2v) is 9.56. The fourth-order valence-corrected chi connectivity index (χ4v) is 5.31. The molecule has 5 nitrogen and oxygen atoms in total. The van der Waals surface area contributed by atoms with Gasteiger partial charge in [-0.1, -0.05) is 25.5 Å². The molecular weight excluding hydrogens is 358 g/mol. The molecule has 2 atom stereocenters. The highest BCUT2D eigenvalue weighted by Crippen LogP contribution is 2.40. The van der Waals surface area contributed by atoms with Gasteiger partial charge in [-0.2, -0.15) is 0 Å². The molecule has 29 heavy (non-hydrogen) atoms. The molecule has 0 bridgehead atoms. The van der Waals surface area contributed by atoms with E-state index < -0.39 is 0 Å². The van der Waals surface area contributed by atoms with Gasteiger partial charge in [0.1, 0.15) is 0 Å². The van der Waals surface area contributed by atoms with Crippen LogP contribution in [0.25, 0.3) is 0 Å². The Labute approximate surface area is 175 Å². The molecule has 0 radical (unpaired) electrons. The molecule has 2 aliphatic carbocycles. The SMILES string of the molecule is CCC1CC(N/C=C(/C2CNc3c(cccc3C3CNC3)N2)C(NC)C2CC2)C1. The number of fused-ring (bicyclic) bond motifs is 1. The maximum atomic E-state index is 3.89. The third-order valence-electron chi connectivity index (χ3n) is 7.60. The van der Waals surface area contributed by atoms with Crippen molar-refractivity contribution in [2.45, 2.75) is 63.1 Å². The normalized spacial score (nSPS) is 30.3. The molecule has 2 heterocycles. The van der Waals surface area contributed by atoms with Crippen LogP contribution in [0.1, 0.15) is 50.5 Å². The molecule has 158 valence electrons. The van der Waals surface area contributed by atoms with Crippen molar-refractivity contribution in [3.63, 3.8) is 0 Å². The summed E-state index contributed by atoms with van der Waals surface area (Å²) in [5.41, 5.74) is 5.53. The Morgan fingerprint density at radius 3 is 2.69 bits per heavy atom. The molecule has 4 aliphatic rings. The highest BCUT2D eigenvalue weighted by atomic mass is 15.1. The number of rotatable bonds is 8. The summed E-state index contributed by atoms with van der Waals surface area (Å²) in [6.45, 7) is 5.46. The van der Waals surface area contributed by atoms with Crippen LogP contribution in [0.2, 0.25) is 0 Å². The van der Waals surface area contributed by atoms with Gasteiger partial charge in [-0.25, -0.2) is 0 Å². The number of para-hydroxylation sites is 1. The summed E-state index contributed by atoms with van der Waals surface area (Å²) in [5.74, 6) is 2.36. The first kappa shape index (κ1) is 19.3. The summed E-state index contributed by atoms with van der Waals surface area (Å²) in [4.78, 5) is 0. The van der Waals surface area contributed by atoms with Gasteiger partial charge in [0.15, 0.2) is 0 Å². The maximum absolute atomic E-state index is 3.89. The molecule has 0 amide bonds. The first-order valence-electron chi connectivity index (χ1n) is 11.7. The Balaban J connectivity index is 1.34. The Kier molecular flexibility index (Phi) is 5.44. The molecule has 0 aromatic heterocycles. The van der Waals surface area contributed by atoms with E-state index in [-0.39, 0.29) is 0 Å². The van der Waals surface area contributed by atoms with Gasteiger partial charge in [-0.05, 0) is 68.0 Å². The quantitative estimate of drug-likeness (QED) is 0.468.